The van der Waals surface area contributed by atoms with Crippen molar-refractivity contribution >= 4 is 38.9 Å². The van der Waals surface area contributed by atoms with Crippen LogP contribution in [0.1, 0.15) is 16.7 Å². The van der Waals surface area contributed by atoms with Gasteiger partial charge in [-0.2, -0.15) is 0 Å². The number of halogens is 1. The quantitative estimate of drug-likeness (QED) is 0.255. The summed E-state index contributed by atoms with van der Waals surface area (Å²) < 4.78 is 6.42. The van der Waals surface area contributed by atoms with E-state index in [1.165, 1.54) is 5.56 Å². The van der Waals surface area contributed by atoms with E-state index in [9.17, 15) is 10.2 Å². The normalized spacial score (nSPS) is 11.4. The van der Waals surface area contributed by atoms with Crippen molar-refractivity contribution in [1.29, 1.82) is 0 Å². The molecule has 0 saturated heterocycles. The van der Waals surface area contributed by atoms with Crippen LogP contribution in [0.25, 0.3) is 22.6 Å². The minimum absolute atomic E-state index is 0.155. The first-order valence-electron chi connectivity index (χ1n) is 10.3. The highest BCUT2D eigenvalue weighted by molar-refractivity contribution is 9.10. The van der Waals surface area contributed by atoms with Gasteiger partial charge < -0.3 is 14.6 Å². The van der Waals surface area contributed by atoms with Gasteiger partial charge >= 0.3 is 0 Å². The van der Waals surface area contributed by atoms with Gasteiger partial charge in [-0.05, 0) is 82.0 Å². The number of oxazole rings is 1. The van der Waals surface area contributed by atoms with E-state index in [2.05, 4.69) is 38.0 Å². The molecule has 6 heteroatoms. The Hall–Kier alpha value is -3.90. The Balaban J connectivity index is 1.40. The van der Waals surface area contributed by atoms with Crippen LogP contribution < -0.4 is 0 Å². The highest BCUT2D eigenvalue weighted by atomic mass is 79.9. The van der Waals surface area contributed by atoms with Crippen molar-refractivity contribution in [3.8, 4) is 23.0 Å². The Morgan fingerprint density at radius 3 is 2.48 bits per heavy atom. The van der Waals surface area contributed by atoms with Gasteiger partial charge in [0.05, 0.1) is 10.2 Å². The van der Waals surface area contributed by atoms with Crippen molar-refractivity contribution in [2.24, 2.45) is 4.99 Å². The monoisotopic (exact) mass is 498 g/mol. The van der Waals surface area contributed by atoms with Gasteiger partial charge in [0.1, 0.15) is 17.0 Å². The molecule has 0 saturated carbocycles. The number of rotatable bonds is 5. The lowest BCUT2D eigenvalue weighted by molar-refractivity contribution is 0.472. The summed E-state index contributed by atoms with van der Waals surface area (Å²) in [6, 6.07) is 26.3. The van der Waals surface area contributed by atoms with Crippen LogP contribution in [0.15, 0.2) is 98.8 Å². The Kier molecular flexibility index (Phi) is 5.67. The van der Waals surface area contributed by atoms with Crippen molar-refractivity contribution in [3.63, 3.8) is 0 Å². The fourth-order valence-electron chi connectivity index (χ4n) is 3.55. The molecule has 5 aromatic rings. The molecule has 1 heterocycles. The molecule has 33 heavy (non-hydrogen) atoms. The van der Waals surface area contributed by atoms with Crippen molar-refractivity contribution in [2.45, 2.75) is 6.42 Å². The molecule has 5 rings (SSSR count). The van der Waals surface area contributed by atoms with E-state index < -0.39 is 0 Å². The van der Waals surface area contributed by atoms with Gasteiger partial charge in [0.15, 0.2) is 5.58 Å². The predicted octanol–water partition coefficient (Wildman–Crippen LogP) is 7.01. The Bertz CT molecular complexity index is 1480. The molecule has 0 aliphatic rings. The van der Waals surface area contributed by atoms with Crippen LogP contribution >= 0.6 is 15.9 Å². The molecule has 0 atom stereocenters. The largest absolute Gasteiger partial charge is 0.507 e. The number of aromatic nitrogens is 1. The van der Waals surface area contributed by atoms with Crippen molar-refractivity contribution < 1.29 is 14.6 Å². The van der Waals surface area contributed by atoms with Crippen molar-refractivity contribution in [3.05, 3.63) is 106 Å². The van der Waals surface area contributed by atoms with Gasteiger partial charge in [0.25, 0.3) is 0 Å². The molecule has 0 aliphatic carbocycles. The second-order valence-electron chi connectivity index (χ2n) is 7.65. The van der Waals surface area contributed by atoms with Gasteiger partial charge in [-0.15, -0.1) is 0 Å². The lowest BCUT2D eigenvalue weighted by atomic mass is 10.0. The molecule has 0 radical (unpaired) electrons. The molecule has 0 amide bonds. The zero-order valence-corrected chi connectivity index (χ0v) is 19.0. The maximum absolute atomic E-state index is 10.3. The summed E-state index contributed by atoms with van der Waals surface area (Å²) in [4.78, 5) is 9.09. The highest BCUT2D eigenvalue weighted by Gasteiger charge is 2.11. The molecule has 4 aromatic carbocycles. The van der Waals surface area contributed by atoms with E-state index in [0.717, 1.165) is 17.5 Å². The average Bonchev–Trinajstić information content (AvgIpc) is 3.25. The number of hydrogen-bond acceptors (Lipinski definition) is 5. The van der Waals surface area contributed by atoms with Crippen molar-refractivity contribution in [1.82, 2.24) is 4.98 Å². The maximum Gasteiger partial charge on any atom is 0.227 e. The molecule has 1 aromatic heterocycles. The molecule has 0 unspecified atom stereocenters. The summed E-state index contributed by atoms with van der Waals surface area (Å²) in [7, 11) is 0. The van der Waals surface area contributed by atoms with Crippen LogP contribution in [0.3, 0.4) is 0 Å². The van der Waals surface area contributed by atoms with E-state index in [1.54, 1.807) is 30.5 Å². The molecule has 0 bridgehead atoms. The first-order valence-corrected chi connectivity index (χ1v) is 11.1. The fraction of sp³-hybridized carbons (Fsp3) is 0.0370. The lowest BCUT2D eigenvalue weighted by Crippen LogP contribution is -1.91. The summed E-state index contributed by atoms with van der Waals surface area (Å²) >= 11 is 3.31. The van der Waals surface area contributed by atoms with E-state index in [1.807, 2.05) is 48.5 Å². The van der Waals surface area contributed by atoms with E-state index >= 15 is 0 Å². The van der Waals surface area contributed by atoms with Gasteiger partial charge in [-0.3, -0.25) is 4.99 Å². The number of nitrogens with zero attached hydrogens (tertiary/aromatic N) is 2. The Labute approximate surface area is 198 Å². The zero-order chi connectivity index (χ0) is 22.8. The molecular weight excluding hydrogens is 480 g/mol. The minimum atomic E-state index is 0.155. The van der Waals surface area contributed by atoms with E-state index in [0.29, 0.717) is 32.7 Å². The van der Waals surface area contributed by atoms with E-state index in [4.69, 9.17) is 4.42 Å². The summed E-state index contributed by atoms with van der Waals surface area (Å²) in [5.41, 5.74) is 5.71. The van der Waals surface area contributed by atoms with Crippen LogP contribution in [0.4, 0.5) is 5.69 Å². The van der Waals surface area contributed by atoms with Gasteiger partial charge in [0, 0.05) is 17.3 Å². The smallest absolute Gasteiger partial charge is 0.227 e. The second-order valence-corrected chi connectivity index (χ2v) is 8.51. The first-order chi connectivity index (χ1) is 16.0. The fourth-order valence-corrected chi connectivity index (χ4v) is 3.93. The third-order valence-electron chi connectivity index (χ3n) is 5.26. The second kappa shape index (κ2) is 8.92. The molecule has 0 spiro atoms. The van der Waals surface area contributed by atoms with Gasteiger partial charge in [-0.25, -0.2) is 4.98 Å². The highest BCUT2D eigenvalue weighted by Crippen LogP contribution is 2.32. The molecule has 5 nitrogen and oxygen atoms in total. The number of aliphatic imine (C=N–C) groups is 1. The van der Waals surface area contributed by atoms with Crippen molar-refractivity contribution in [2.75, 3.05) is 0 Å². The zero-order valence-electron chi connectivity index (χ0n) is 17.4. The Morgan fingerprint density at radius 1 is 0.848 bits per heavy atom. The van der Waals surface area contributed by atoms with Gasteiger partial charge in [-0.1, -0.05) is 36.4 Å². The number of fused-ring (bicyclic) bond motifs is 1. The topological polar surface area (TPSA) is 78.9 Å². The van der Waals surface area contributed by atoms with Crippen LogP contribution in [-0.4, -0.2) is 21.4 Å². The summed E-state index contributed by atoms with van der Waals surface area (Å²) in [5.74, 6) is 0.791. The van der Waals surface area contributed by atoms with Crippen LogP contribution in [0, 0.1) is 0 Å². The van der Waals surface area contributed by atoms with Crippen LogP contribution in [0.2, 0.25) is 0 Å². The molecular formula is C27H19BrN2O3. The predicted molar refractivity (Wildman–Crippen MR) is 133 cm³/mol. The van der Waals surface area contributed by atoms with E-state index in [-0.39, 0.29) is 11.5 Å². The first kappa shape index (κ1) is 21.0. The van der Waals surface area contributed by atoms with Crippen LogP contribution in [0.5, 0.6) is 11.5 Å². The third kappa shape index (κ3) is 4.66. The average molecular weight is 499 g/mol. The van der Waals surface area contributed by atoms with Gasteiger partial charge in [0.2, 0.25) is 5.89 Å². The number of benzene rings is 4. The number of aromatic hydroxyl groups is 2. The standard InChI is InChI=1S/C27H19BrN2O3/c28-22-14-19(7-10-25(22)32)27-30-23-15-21(8-11-26(23)33-27)29-16-20-13-18(6-9-24(20)31)12-17-4-2-1-3-5-17/h1-11,13-16,31-32H,12H2. The summed E-state index contributed by atoms with van der Waals surface area (Å²) in [6.07, 6.45) is 2.44. The summed E-state index contributed by atoms with van der Waals surface area (Å²) in [5, 5.41) is 20.0. The molecule has 2 N–H and O–H groups in total. The summed E-state index contributed by atoms with van der Waals surface area (Å²) in [6.45, 7) is 0. The minimum Gasteiger partial charge on any atom is -0.507 e. The Morgan fingerprint density at radius 2 is 1.67 bits per heavy atom. The number of phenolic OH excluding ortho intramolecular Hbond substituents is 2. The SMILES string of the molecule is Oc1ccc(-c2nc3cc(N=Cc4cc(Cc5ccccc5)ccc4O)ccc3o2)cc1Br. The molecule has 162 valence electrons. The lowest BCUT2D eigenvalue weighted by Gasteiger charge is -2.05. The third-order valence-corrected chi connectivity index (χ3v) is 5.90. The maximum atomic E-state index is 10.3. The molecule has 0 fully saturated rings. The number of phenols is 2. The number of hydrogen-bond donors (Lipinski definition) is 2. The van der Waals surface area contributed by atoms with Crippen LogP contribution in [-0.2, 0) is 6.42 Å². The molecule has 0 aliphatic heterocycles.